The Morgan fingerprint density at radius 3 is 1.50 bits per heavy atom. The first-order chi connectivity index (χ1) is 4.81. The summed E-state index contributed by atoms with van der Waals surface area (Å²) < 4.78 is 7.63. The fraction of sp³-hybridized carbons (Fsp3) is 0.800. The van der Waals surface area contributed by atoms with E-state index in [1.165, 1.54) is 0 Å². The average Bonchev–Trinajstić information content (AvgIpc) is 1.93. The van der Waals surface area contributed by atoms with Gasteiger partial charge in [0, 0.05) is 37.2 Å². The standard InChI is InChI=1S/C3H6O5.2CH4.I2/c4-1-7-3(6)8-2-5;;;1-2/h4-5H,1-2H2;2*1H4;. The van der Waals surface area contributed by atoms with Crippen molar-refractivity contribution in [2.45, 2.75) is 14.9 Å². The van der Waals surface area contributed by atoms with E-state index in [0.29, 0.717) is 0 Å². The number of halogens is 2. The van der Waals surface area contributed by atoms with Crippen LogP contribution in [0.4, 0.5) is 4.79 Å². The minimum absolute atomic E-state index is 0. The molecule has 0 aromatic rings. The van der Waals surface area contributed by atoms with Gasteiger partial charge in [-0.15, -0.1) is 0 Å². The molecule has 7 heteroatoms. The molecule has 0 aliphatic carbocycles. The van der Waals surface area contributed by atoms with E-state index in [1.807, 2.05) is 0 Å². The molecule has 0 amide bonds. The van der Waals surface area contributed by atoms with Crippen molar-refractivity contribution in [2.75, 3.05) is 13.6 Å². The number of aliphatic hydroxyl groups excluding tert-OH is 2. The minimum Gasteiger partial charge on any atom is -0.407 e. The highest BCUT2D eigenvalue weighted by Crippen LogP contribution is 1.89. The van der Waals surface area contributed by atoms with Gasteiger partial charge in [-0.2, -0.15) is 0 Å². The molecule has 12 heavy (non-hydrogen) atoms. The third kappa shape index (κ3) is 22.4. The Bertz CT molecular complexity index is 72.2. The number of ether oxygens (including phenoxy) is 2. The molecule has 0 atom stereocenters. The van der Waals surface area contributed by atoms with E-state index in [4.69, 9.17) is 10.2 Å². The molecule has 0 heterocycles. The molecule has 0 fully saturated rings. The number of hydrogen-bond acceptors (Lipinski definition) is 5. The molecule has 0 radical (unpaired) electrons. The van der Waals surface area contributed by atoms with Crippen LogP contribution in [0.5, 0.6) is 0 Å². The Balaban J connectivity index is -0.0000000740. The maximum atomic E-state index is 9.88. The van der Waals surface area contributed by atoms with Gasteiger partial charge in [0.05, 0.1) is 0 Å². The summed E-state index contributed by atoms with van der Waals surface area (Å²) in [5, 5.41) is 15.7. The van der Waals surface area contributed by atoms with Crippen LogP contribution in [0, 0.1) is 0 Å². The largest absolute Gasteiger partial charge is 0.512 e. The van der Waals surface area contributed by atoms with Gasteiger partial charge < -0.3 is 19.7 Å². The van der Waals surface area contributed by atoms with Crippen LogP contribution in [0.15, 0.2) is 0 Å². The third-order valence-electron chi connectivity index (χ3n) is 0.365. The fourth-order valence-electron chi connectivity index (χ4n) is 0.147. The van der Waals surface area contributed by atoms with Gasteiger partial charge in [0.25, 0.3) is 0 Å². The zero-order valence-corrected chi connectivity index (χ0v) is 9.10. The van der Waals surface area contributed by atoms with Crippen LogP contribution in [-0.2, 0) is 9.47 Å². The summed E-state index contributed by atoms with van der Waals surface area (Å²) in [7, 11) is 0. The Labute approximate surface area is 95.8 Å². The molecule has 0 spiro atoms. The molecule has 0 unspecified atom stereocenters. The highest BCUT2D eigenvalue weighted by atomic mass is 128. The first-order valence-electron chi connectivity index (χ1n) is 1.97. The van der Waals surface area contributed by atoms with Crippen LogP contribution in [0.25, 0.3) is 0 Å². The minimum atomic E-state index is -1.09. The molecule has 78 valence electrons. The zero-order valence-electron chi connectivity index (χ0n) is 4.79. The maximum Gasteiger partial charge on any atom is 0.512 e. The lowest BCUT2D eigenvalue weighted by Gasteiger charge is -1.97. The first-order valence-corrected chi connectivity index (χ1v) is 8.25. The van der Waals surface area contributed by atoms with Crippen LogP contribution >= 0.6 is 37.2 Å². The summed E-state index contributed by atoms with van der Waals surface area (Å²) in [4.78, 5) is 9.88. The predicted molar refractivity (Wildman–Crippen MR) is 63.2 cm³/mol. The molecule has 0 bridgehead atoms. The van der Waals surface area contributed by atoms with Crippen molar-refractivity contribution in [1.29, 1.82) is 0 Å². The lowest BCUT2D eigenvalue weighted by atomic mass is 11.2. The number of carbonyl (C=O) groups excluding carboxylic acids is 1. The van der Waals surface area contributed by atoms with E-state index < -0.39 is 19.7 Å². The quantitative estimate of drug-likeness (QED) is 0.416. The number of hydrogen-bond donors (Lipinski definition) is 2. The van der Waals surface area contributed by atoms with Gasteiger partial charge in [-0.05, 0) is 0 Å². The Kier molecular flexibility index (Phi) is 43.2. The van der Waals surface area contributed by atoms with Crippen molar-refractivity contribution in [3.8, 4) is 0 Å². The summed E-state index contributed by atoms with van der Waals surface area (Å²) in [5.41, 5.74) is 0. The topological polar surface area (TPSA) is 76.0 Å². The zero-order chi connectivity index (χ0) is 8.41. The molecule has 2 N–H and O–H groups in total. The molecular formula is C5H14I2O5. The van der Waals surface area contributed by atoms with Gasteiger partial charge in [0.1, 0.15) is 0 Å². The highest BCUT2D eigenvalue weighted by Gasteiger charge is 1.97. The first kappa shape index (κ1) is 22.9. The summed E-state index contributed by atoms with van der Waals surface area (Å²) in [6.45, 7) is -1.47. The maximum absolute atomic E-state index is 9.88. The molecule has 0 aliphatic rings. The van der Waals surface area contributed by atoms with Crippen LogP contribution < -0.4 is 0 Å². The summed E-state index contributed by atoms with van der Waals surface area (Å²) in [5.74, 6) is 0. The van der Waals surface area contributed by atoms with Gasteiger partial charge in [-0.3, -0.25) is 0 Å². The van der Waals surface area contributed by atoms with Crippen molar-refractivity contribution in [3.63, 3.8) is 0 Å². The fourth-order valence-corrected chi connectivity index (χ4v) is 0.147. The van der Waals surface area contributed by atoms with E-state index >= 15 is 0 Å². The number of rotatable bonds is 2. The number of aliphatic hydroxyl groups is 2. The second kappa shape index (κ2) is 22.6. The normalized spacial score (nSPS) is 6.00. The van der Waals surface area contributed by atoms with Crippen LogP contribution in [0.3, 0.4) is 0 Å². The van der Waals surface area contributed by atoms with Crippen LogP contribution in [0.2, 0.25) is 0 Å². The molecule has 5 nitrogen and oxygen atoms in total. The molecule has 0 aromatic carbocycles. The molecule has 0 saturated heterocycles. The SMILES string of the molecule is C.C.II.O=C(OCO)OCO. The summed E-state index contributed by atoms with van der Waals surface area (Å²) in [6.07, 6.45) is -1.09. The van der Waals surface area contributed by atoms with E-state index in [9.17, 15) is 4.79 Å². The van der Waals surface area contributed by atoms with E-state index in [-0.39, 0.29) is 14.9 Å². The number of carbonyl (C=O) groups is 1. The smallest absolute Gasteiger partial charge is 0.407 e. The predicted octanol–water partition coefficient (Wildman–Crippen LogP) is 2.08. The molecule has 0 aromatic heterocycles. The van der Waals surface area contributed by atoms with Crippen molar-refractivity contribution < 1.29 is 24.5 Å². The second-order valence-corrected chi connectivity index (χ2v) is 0.797. The average molecular weight is 408 g/mol. The summed E-state index contributed by atoms with van der Waals surface area (Å²) >= 11 is 4.24. The van der Waals surface area contributed by atoms with Crippen LogP contribution in [-0.4, -0.2) is 30.0 Å². The van der Waals surface area contributed by atoms with Crippen molar-refractivity contribution in [1.82, 2.24) is 0 Å². The van der Waals surface area contributed by atoms with Gasteiger partial charge in [0.2, 0.25) is 0 Å². The summed E-state index contributed by atoms with van der Waals surface area (Å²) in [6, 6.07) is 0. The Morgan fingerprint density at radius 1 is 1.08 bits per heavy atom. The van der Waals surface area contributed by atoms with E-state index in [0.717, 1.165) is 0 Å². The molecule has 0 aliphatic heterocycles. The van der Waals surface area contributed by atoms with Crippen molar-refractivity contribution in [3.05, 3.63) is 0 Å². The molecule has 0 rings (SSSR count). The monoisotopic (exact) mass is 408 g/mol. The Morgan fingerprint density at radius 2 is 1.33 bits per heavy atom. The van der Waals surface area contributed by atoms with Gasteiger partial charge in [-0.25, -0.2) is 4.79 Å². The van der Waals surface area contributed by atoms with Crippen molar-refractivity contribution >= 4 is 43.4 Å². The van der Waals surface area contributed by atoms with Gasteiger partial charge in [0.15, 0.2) is 13.6 Å². The lowest BCUT2D eigenvalue weighted by molar-refractivity contribution is -0.0389. The van der Waals surface area contributed by atoms with E-state index in [2.05, 4.69) is 46.7 Å². The van der Waals surface area contributed by atoms with Crippen molar-refractivity contribution in [2.24, 2.45) is 0 Å². The van der Waals surface area contributed by atoms with E-state index in [1.54, 1.807) is 0 Å². The second-order valence-electron chi connectivity index (χ2n) is 0.797. The highest BCUT2D eigenvalue weighted by molar-refractivity contribution is 15.0. The molecular weight excluding hydrogens is 394 g/mol. The lowest BCUT2D eigenvalue weighted by Crippen LogP contribution is -2.08. The Hall–Kier alpha value is 0.650. The third-order valence-corrected chi connectivity index (χ3v) is 0.365. The molecule has 0 saturated carbocycles. The van der Waals surface area contributed by atoms with Crippen LogP contribution in [0.1, 0.15) is 14.9 Å². The van der Waals surface area contributed by atoms with Gasteiger partial charge >= 0.3 is 6.16 Å². The van der Waals surface area contributed by atoms with Gasteiger partial charge in [-0.1, -0.05) is 14.9 Å².